The van der Waals surface area contributed by atoms with Gasteiger partial charge in [0.25, 0.3) is 0 Å². The van der Waals surface area contributed by atoms with E-state index in [2.05, 4.69) is 0 Å². The first-order chi connectivity index (χ1) is 6.86. The standard InChI is InChI=1S/C10H12F3NO/c1-14(2)8-3-4-9(10(11,12)13)7(5-8)6-15/h3-5,15H,6H2,1-2H3. The molecule has 0 atom stereocenters. The van der Waals surface area contributed by atoms with Gasteiger partial charge in [-0.05, 0) is 23.8 Å². The highest BCUT2D eigenvalue weighted by Gasteiger charge is 2.33. The van der Waals surface area contributed by atoms with Crippen LogP contribution in [-0.2, 0) is 12.8 Å². The van der Waals surface area contributed by atoms with E-state index < -0.39 is 18.3 Å². The smallest absolute Gasteiger partial charge is 0.392 e. The Bertz CT molecular complexity index is 347. The number of hydrogen-bond acceptors (Lipinski definition) is 2. The Hall–Kier alpha value is -1.23. The van der Waals surface area contributed by atoms with Crippen LogP contribution in [0.5, 0.6) is 0 Å². The van der Waals surface area contributed by atoms with Crippen molar-refractivity contribution in [3.05, 3.63) is 29.3 Å². The highest BCUT2D eigenvalue weighted by Crippen LogP contribution is 2.33. The lowest BCUT2D eigenvalue weighted by atomic mass is 10.1. The Morgan fingerprint density at radius 2 is 1.87 bits per heavy atom. The van der Waals surface area contributed by atoms with Gasteiger partial charge in [-0.3, -0.25) is 0 Å². The maximum Gasteiger partial charge on any atom is 0.416 e. The summed E-state index contributed by atoms with van der Waals surface area (Å²) in [6, 6.07) is 3.70. The molecule has 15 heavy (non-hydrogen) atoms. The summed E-state index contributed by atoms with van der Waals surface area (Å²) in [6.07, 6.45) is -4.41. The number of anilines is 1. The second kappa shape index (κ2) is 4.10. The average Bonchev–Trinajstić information content (AvgIpc) is 2.15. The molecule has 5 heteroatoms. The molecule has 0 aromatic heterocycles. The van der Waals surface area contributed by atoms with E-state index in [0.29, 0.717) is 5.69 Å². The fourth-order valence-corrected chi connectivity index (χ4v) is 1.27. The van der Waals surface area contributed by atoms with E-state index >= 15 is 0 Å². The Labute approximate surface area is 85.9 Å². The number of alkyl halides is 3. The first-order valence-corrected chi connectivity index (χ1v) is 4.34. The van der Waals surface area contributed by atoms with Crippen LogP contribution in [-0.4, -0.2) is 19.2 Å². The van der Waals surface area contributed by atoms with Crippen molar-refractivity contribution in [3.63, 3.8) is 0 Å². The largest absolute Gasteiger partial charge is 0.416 e. The summed E-state index contributed by atoms with van der Waals surface area (Å²) in [5.74, 6) is 0. The van der Waals surface area contributed by atoms with Gasteiger partial charge < -0.3 is 10.0 Å². The lowest BCUT2D eigenvalue weighted by Gasteiger charge is -2.17. The van der Waals surface area contributed by atoms with E-state index in [1.54, 1.807) is 19.0 Å². The third-order valence-corrected chi connectivity index (χ3v) is 2.08. The first-order valence-electron chi connectivity index (χ1n) is 4.34. The molecule has 0 heterocycles. The van der Waals surface area contributed by atoms with Crippen LogP contribution in [0.3, 0.4) is 0 Å². The molecule has 0 fully saturated rings. The molecule has 2 nitrogen and oxygen atoms in total. The highest BCUT2D eigenvalue weighted by molar-refractivity contribution is 5.50. The zero-order valence-corrected chi connectivity index (χ0v) is 8.47. The zero-order valence-electron chi connectivity index (χ0n) is 8.47. The summed E-state index contributed by atoms with van der Waals surface area (Å²) >= 11 is 0. The van der Waals surface area contributed by atoms with E-state index in [1.165, 1.54) is 12.1 Å². The molecular weight excluding hydrogens is 207 g/mol. The number of halogens is 3. The topological polar surface area (TPSA) is 23.5 Å². The zero-order chi connectivity index (χ0) is 11.6. The van der Waals surface area contributed by atoms with Gasteiger partial charge in [0.15, 0.2) is 0 Å². The molecule has 0 bridgehead atoms. The Kier molecular flexibility index (Phi) is 3.24. The van der Waals surface area contributed by atoms with Crippen LogP contribution >= 0.6 is 0 Å². The van der Waals surface area contributed by atoms with Crippen molar-refractivity contribution in [1.82, 2.24) is 0 Å². The summed E-state index contributed by atoms with van der Waals surface area (Å²) in [7, 11) is 3.45. The van der Waals surface area contributed by atoms with Gasteiger partial charge in [-0.2, -0.15) is 13.2 Å². The van der Waals surface area contributed by atoms with Gasteiger partial charge in [0, 0.05) is 19.8 Å². The number of aliphatic hydroxyl groups is 1. The van der Waals surface area contributed by atoms with Crippen LogP contribution in [0.2, 0.25) is 0 Å². The van der Waals surface area contributed by atoms with Crippen molar-refractivity contribution in [1.29, 1.82) is 0 Å². The minimum atomic E-state index is -4.41. The molecule has 0 amide bonds. The minimum absolute atomic E-state index is 0.103. The molecule has 1 rings (SSSR count). The maximum absolute atomic E-state index is 12.4. The van der Waals surface area contributed by atoms with Crippen LogP contribution in [0.25, 0.3) is 0 Å². The Morgan fingerprint density at radius 1 is 1.27 bits per heavy atom. The molecule has 1 aromatic rings. The normalized spacial score (nSPS) is 11.6. The van der Waals surface area contributed by atoms with Crippen molar-refractivity contribution in [2.24, 2.45) is 0 Å². The summed E-state index contributed by atoms with van der Waals surface area (Å²) < 4.78 is 37.3. The van der Waals surface area contributed by atoms with Crippen molar-refractivity contribution in [2.45, 2.75) is 12.8 Å². The molecule has 1 N–H and O–H groups in total. The molecule has 0 unspecified atom stereocenters. The third-order valence-electron chi connectivity index (χ3n) is 2.08. The predicted octanol–water partition coefficient (Wildman–Crippen LogP) is 2.26. The van der Waals surface area contributed by atoms with Gasteiger partial charge in [-0.25, -0.2) is 0 Å². The van der Waals surface area contributed by atoms with Gasteiger partial charge in [-0.1, -0.05) is 0 Å². The second-order valence-corrected chi connectivity index (χ2v) is 3.39. The van der Waals surface area contributed by atoms with Gasteiger partial charge in [0.05, 0.1) is 12.2 Å². The number of benzene rings is 1. The van der Waals surface area contributed by atoms with Crippen LogP contribution in [0, 0.1) is 0 Å². The monoisotopic (exact) mass is 219 g/mol. The predicted molar refractivity (Wildman–Crippen MR) is 51.7 cm³/mol. The van der Waals surface area contributed by atoms with E-state index in [9.17, 15) is 13.2 Å². The lowest BCUT2D eigenvalue weighted by molar-refractivity contribution is -0.138. The van der Waals surface area contributed by atoms with Gasteiger partial charge in [0.1, 0.15) is 0 Å². The Morgan fingerprint density at radius 3 is 2.27 bits per heavy atom. The molecule has 0 saturated carbocycles. The Balaban J connectivity index is 3.21. The summed E-state index contributed by atoms with van der Waals surface area (Å²) in [5.41, 5.74) is -0.253. The van der Waals surface area contributed by atoms with E-state index in [1.807, 2.05) is 0 Å². The molecule has 0 saturated heterocycles. The van der Waals surface area contributed by atoms with Crippen molar-refractivity contribution in [2.75, 3.05) is 19.0 Å². The number of hydrogen-bond donors (Lipinski definition) is 1. The molecule has 0 radical (unpaired) electrons. The fourth-order valence-electron chi connectivity index (χ4n) is 1.27. The first kappa shape index (κ1) is 11.8. The van der Waals surface area contributed by atoms with Crippen molar-refractivity contribution >= 4 is 5.69 Å². The highest BCUT2D eigenvalue weighted by atomic mass is 19.4. The van der Waals surface area contributed by atoms with Gasteiger partial charge >= 0.3 is 6.18 Å². The fraction of sp³-hybridized carbons (Fsp3) is 0.400. The molecule has 84 valence electrons. The van der Waals surface area contributed by atoms with E-state index in [-0.39, 0.29) is 5.56 Å². The van der Waals surface area contributed by atoms with Crippen LogP contribution in [0.4, 0.5) is 18.9 Å². The maximum atomic E-state index is 12.4. The summed E-state index contributed by atoms with van der Waals surface area (Å²) in [5, 5.41) is 8.87. The minimum Gasteiger partial charge on any atom is -0.392 e. The van der Waals surface area contributed by atoms with E-state index in [4.69, 9.17) is 5.11 Å². The second-order valence-electron chi connectivity index (χ2n) is 3.39. The number of nitrogens with zero attached hydrogens (tertiary/aromatic N) is 1. The summed E-state index contributed by atoms with van der Waals surface area (Å²) in [4.78, 5) is 1.68. The summed E-state index contributed by atoms with van der Waals surface area (Å²) in [6.45, 7) is -0.615. The van der Waals surface area contributed by atoms with Crippen LogP contribution in [0.1, 0.15) is 11.1 Å². The molecule has 0 aliphatic carbocycles. The molecule has 1 aromatic carbocycles. The third kappa shape index (κ3) is 2.62. The number of rotatable bonds is 2. The number of aliphatic hydroxyl groups excluding tert-OH is 1. The van der Waals surface area contributed by atoms with Gasteiger partial charge in [-0.15, -0.1) is 0 Å². The van der Waals surface area contributed by atoms with Crippen molar-refractivity contribution < 1.29 is 18.3 Å². The van der Waals surface area contributed by atoms with Gasteiger partial charge in [0.2, 0.25) is 0 Å². The van der Waals surface area contributed by atoms with Crippen molar-refractivity contribution in [3.8, 4) is 0 Å². The quantitative estimate of drug-likeness (QED) is 0.824. The van der Waals surface area contributed by atoms with E-state index in [0.717, 1.165) is 6.07 Å². The molecular formula is C10H12F3NO. The SMILES string of the molecule is CN(C)c1ccc(C(F)(F)F)c(CO)c1. The molecule has 0 spiro atoms. The lowest BCUT2D eigenvalue weighted by Crippen LogP contribution is -2.13. The average molecular weight is 219 g/mol. The molecule has 0 aliphatic rings. The van der Waals surface area contributed by atoms with Crippen LogP contribution < -0.4 is 4.90 Å². The molecule has 0 aliphatic heterocycles. The van der Waals surface area contributed by atoms with Crippen LogP contribution in [0.15, 0.2) is 18.2 Å².